The normalized spacial score (nSPS) is 17.1. The minimum atomic E-state index is -0.414. The lowest BCUT2D eigenvalue weighted by molar-refractivity contribution is -0.108. The van der Waals surface area contributed by atoms with Crippen molar-refractivity contribution in [3.63, 3.8) is 0 Å². The van der Waals surface area contributed by atoms with Crippen LogP contribution in [0.4, 0.5) is 10.1 Å². The van der Waals surface area contributed by atoms with E-state index in [2.05, 4.69) is 4.90 Å². The fourth-order valence-corrected chi connectivity index (χ4v) is 2.85. The van der Waals surface area contributed by atoms with Crippen LogP contribution in [-0.4, -0.2) is 12.8 Å². The zero-order valence-corrected chi connectivity index (χ0v) is 11.5. The quantitative estimate of drug-likeness (QED) is 0.802. The summed E-state index contributed by atoms with van der Waals surface area (Å²) < 4.78 is 13.2. The Morgan fingerprint density at radius 2 is 2.10 bits per heavy atom. The molecule has 1 aliphatic rings. The topological polar surface area (TPSA) is 20.3 Å². The summed E-state index contributed by atoms with van der Waals surface area (Å²) in [5.41, 5.74) is 3.04. The van der Waals surface area contributed by atoms with Crippen LogP contribution in [0, 0.1) is 5.82 Å². The Balaban J connectivity index is 1.88. The van der Waals surface area contributed by atoms with Gasteiger partial charge in [0.15, 0.2) is 0 Å². The molecule has 0 N–H and O–H groups in total. The molecule has 3 rings (SSSR count). The second-order valence-electron chi connectivity index (χ2n) is 4.93. The van der Waals surface area contributed by atoms with E-state index in [1.807, 2.05) is 24.3 Å². The van der Waals surface area contributed by atoms with Gasteiger partial charge < -0.3 is 9.69 Å². The molecule has 1 heterocycles. The summed E-state index contributed by atoms with van der Waals surface area (Å²) in [5.74, 6) is -0.509. The van der Waals surface area contributed by atoms with Crippen LogP contribution in [0.1, 0.15) is 17.0 Å². The van der Waals surface area contributed by atoms with Crippen LogP contribution in [-0.2, 0) is 11.3 Å². The Labute approximate surface area is 121 Å². The maximum atomic E-state index is 13.2. The maximum absolute atomic E-state index is 13.2. The van der Waals surface area contributed by atoms with E-state index in [1.165, 1.54) is 6.07 Å². The predicted octanol–water partition coefficient (Wildman–Crippen LogP) is 3.78. The van der Waals surface area contributed by atoms with E-state index in [4.69, 9.17) is 11.6 Å². The molecule has 0 radical (unpaired) electrons. The highest BCUT2D eigenvalue weighted by Gasteiger charge is 2.27. The Bertz CT molecular complexity index is 659. The Morgan fingerprint density at radius 3 is 2.85 bits per heavy atom. The van der Waals surface area contributed by atoms with Crippen LogP contribution in [0.15, 0.2) is 42.5 Å². The van der Waals surface area contributed by atoms with Crippen LogP contribution in [0.2, 0.25) is 5.02 Å². The molecule has 1 unspecified atom stereocenters. The molecule has 0 spiro atoms. The van der Waals surface area contributed by atoms with Gasteiger partial charge in [-0.1, -0.05) is 35.9 Å². The van der Waals surface area contributed by atoms with E-state index >= 15 is 0 Å². The number of rotatable bonds is 3. The summed E-state index contributed by atoms with van der Waals surface area (Å²) in [6, 6.07) is 12.6. The number of hydrogen-bond acceptors (Lipinski definition) is 2. The van der Waals surface area contributed by atoms with Crippen molar-refractivity contribution in [2.75, 3.05) is 11.4 Å². The first-order valence-electron chi connectivity index (χ1n) is 6.42. The van der Waals surface area contributed by atoms with E-state index < -0.39 is 5.82 Å². The fraction of sp³-hybridized carbons (Fsp3) is 0.188. The Morgan fingerprint density at radius 1 is 1.30 bits per heavy atom. The molecule has 20 heavy (non-hydrogen) atoms. The summed E-state index contributed by atoms with van der Waals surface area (Å²) in [5, 5.41) is 0.127. The van der Waals surface area contributed by atoms with Gasteiger partial charge in [-0.05, 0) is 29.3 Å². The van der Waals surface area contributed by atoms with Gasteiger partial charge in [0, 0.05) is 18.8 Å². The number of fused-ring (bicyclic) bond motifs is 1. The third-order valence-corrected chi connectivity index (χ3v) is 3.91. The maximum Gasteiger partial charge on any atom is 0.141 e. The van der Waals surface area contributed by atoms with Gasteiger partial charge in [-0.25, -0.2) is 4.39 Å². The lowest BCUT2D eigenvalue weighted by Gasteiger charge is -2.19. The van der Waals surface area contributed by atoms with Gasteiger partial charge in [-0.3, -0.25) is 0 Å². The molecule has 0 aromatic heterocycles. The molecular weight excluding hydrogens is 277 g/mol. The molecule has 0 bridgehead atoms. The highest BCUT2D eigenvalue weighted by atomic mass is 35.5. The zero-order valence-electron chi connectivity index (χ0n) is 10.7. The molecule has 0 saturated heterocycles. The molecule has 2 aromatic rings. The van der Waals surface area contributed by atoms with Crippen LogP contribution >= 0.6 is 11.6 Å². The van der Waals surface area contributed by atoms with Gasteiger partial charge in [-0.2, -0.15) is 0 Å². The molecule has 102 valence electrons. The minimum absolute atomic E-state index is 0.0953. The SMILES string of the molecule is O=CC1CN(Cc2ccc(F)c(Cl)c2)c2ccccc21. The molecular formula is C16H13ClFNO. The summed E-state index contributed by atoms with van der Waals surface area (Å²) >= 11 is 5.81. The van der Waals surface area contributed by atoms with Crippen molar-refractivity contribution in [3.05, 3.63) is 64.4 Å². The average molecular weight is 290 g/mol. The van der Waals surface area contributed by atoms with E-state index in [0.717, 1.165) is 23.1 Å². The minimum Gasteiger partial charge on any atom is -0.366 e. The van der Waals surface area contributed by atoms with Crippen LogP contribution in [0.5, 0.6) is 0 Å². The molecule has 2 nitrogen and oxygen atoms in total. The van der Waals surface area contributed by atoms with Crippen molar-refractivity contribution in [2.24, 2.45) is 0 Å². The number of halogens is 2. The first kappa shape index (κ1) is 13.1. The number of carbonyl (C=O) groups is 1. The summed E-state index contributed by atoms with van der Waals surface area (Å²) in [4.78, 5) is 13.3. The van der Waals surface area contributed by atoms with E-state index in [9.17, 15) is 9.18 Å². The van der Waals surface area contributed by atoms with E-state index in [0.29, 0.717) is 13.1 Å². The Kier molecular flexibility index (Phi) is 3.45. The molecule has 0 fully saturated rings. The number of carbonyl (C=O) groups excluding carboxylic acids is 1. The number of nitrogens with zero attached hydrogens (tertiary/aromatic N) is 1. The second kappa shape index (κ2) is 5.25. The van der Waals surface area contributed by atoms with Gasteiger partial charge in [0.05, 0.1) is 10.9 Å². The zero-order chi connectivity index (χ0) is 14.1. The third-order valence-electron chi connectivity index (χ3n) is 3.62. The van der Waals surface area contributed by atoms with Crippen LogP contribution in [0.3, 0.4) is 0 Å². The highest BCUT2D eigenvalue weighted by Crippen LogP contribution is 2.36. The second-order valence-corrected chi connectivity index (χ2v) is 5.34. The summed E-state index contributed by atoms with van der Waals surface area (Å²) in [6.45, 7) is 1.26. The van der Waals surface area contributed by atoms with Gasteiger partial charge in [0.25, 0.3) is 0 Å². The largest absolute Gasteiger partial charge is 0.366 e. The Hall–Kier alpha value is -1.87. The third kappa shape index (κ3) is 2.29. The monoisotopic (exact) mass is 289 g/mol. The van der Waals surface area contributed by atoms with Crippen molar-refractivity contribution in [2.45, 2.75) is 12.5 Å². The fourth-order valence-electron chi connectivity index (χ4n) is 2.65. The number of hydrogen-bond donors (Lipinski definition) is 0. The lowest BCUT2D eigenvalue weighted by atomic mass is 10.0. The molecule has 2 aromatic carbocycles. The first-order valence-corrected chi connectivity index (χ1v) is 6.80. The smallest absolute Gasteiger partial charge is 0.141 e. The first-order chi connectivity index (χ1) is 9.69. The molecule has 1 aliphatic heterocycles. The van der Waals surface area contributed by atoms with Crippen LogP contribution in [0.25, 0.3) is 0 Å². The van der Waals surface area contributed by atoms with Crippen molar-refractivity contribution in [1.82, 2.24) is 0 Å². The molecule has 0 amide bonds. The number of para-hydroxylation sites is 1. The van der Waals surface area contributed by atoms with Crippen molar-refractivity contribution in [1.29, 1.82) is 0 Å². The van der Waals surface area contributed by atoms with Crippen molar-refractivity contribution < 1.29 is 9.18 Å². The molecule has 1 atom stereocenters. The summed E-state index contributed by atoms with van der Waals surface area (Å²) in [7, 11) is 0. The van der Waals surface area contributed by atoms with Crippen molar-refractivity contribution >= 4 is 23.6 Å². The van der Waals surface area contributed by atoms with E-state index in [-0.39, 0.29) is 10.9 Å². The molecule has 0 saturated carbocycles. The van der Waals surface area contributed by atoms with Crippen molar-refractivity contribution in [3.8, 4) is 0 Å². The molecule has 4 heteroatoms. The highest BCUT2D eigenvalue weighted by molar-refractivity contribution is 6.30. The predicted molar refractivity (Wildman–Crippen MR) is 77.7 cm³/mol. The lowest BCUT2D eigenvalue weighted by Crippen LogP contribution is -2.21. The van der Waals surface area contributed by atoms with Crippen LogP contribution < -0.4 is 4.90 Å². The standard InChI is InChI=1S/C16H13ClFNO/c17-14-7-11(5-6-15(14)18)8-19-9-12(10-20)13-3-1-2-4-16(13)19/h1-7,10,12H,8-9H2. The van der Waals surface area contributed by atoms with Gasteiger partial charge >= 0.3 is 0 Å². The van der Waals surface area contributed by atoms with Gasteiger partial charge in [-0.15, -0.1) is 0 Å². The number of anilines is 1. The summed E-state index contributed by atoms with van der Waals surface area (Å²) in [6.07, 6.45) is 0.983. The van der Waals surface area contributed by atoms with E-state index in [1.54, 1.807) is 12.1 Å². The molecule has 0 aliphatic carbocycles. The van der Waals surface area contributed by atoms with Gasteiger partial charge in [0.1, 0.15) is 12.1 Å². The average Bonchev–Trinajstić information content (AvgIpc) is 2.81. The van der Waals surface area contributed by atoms with Gasteiger partial charge in [0.2, 0.25) is 0 Å². The number of aldehydes is 1. The number of benzene rings is 2.